The molecule has 19 heavy (non-hydrogen) atoms. The summed E-state index contributed by atoms with van der Waals surface area (Å²) in [6.07, 6.45) is 3.04. The van der Waals surface area contributed by atoms with Crippen molar-refractivity contribution in [1.82, 2.24) is 9.62 Å². The van der Waals surface area contributed by atoms with Crippen LogP contribution < -0.4 is 5.32 Å². The number of hydrogen-bond acceptors (Lipinski definition) is 4. The normalized spacial score (nSPS) is 20.6. The van der Waals surface area contributed by atoms with Gasteiger partial charge in [0.25, 0.3) is 0 Å². The summed E-state index contributed by atoms with van der Waals surface area (Å²) >= 11 is 5.21. The molecule has 1 aliphatic rings. The highest BCUT2D eigenvalue weighted by Gasteiger charge is 2.25. The first kappa shape index (κ1) is 15.4. The number of nitrogens with one attached hydrogen (secondary N) is 1. The second-order valence-electron chi connectivity index (χ2n) is 4.97. The van der Waals surface area contributed by atoms with Gasteiger partial charge < -0.3 is 5.32 Å². The van der Waals surface area contributed by atoms with E-state index in [0.29, 0.717) is 25.2 Å². The molecule has 0 amide bonds. The Morgan fingerprint density at radius 1 is 1.42 bits per heavy atom. The van der Waals surface area contributed by atoms with Crippen LogP contribution in [0.2, 0.25) is 0 Å². The van der Waals surface area contributed by atoms with Crippen molar-refractivity contribution in [1.29, 1.82) is 0 Å². The van der Waals surface area contributed by atoms with Crippen LogP contribution in [-0.4, -0.2) is 38.1 Å². The highest BCUT2D eigenvalue weighted by Crippen LogP contribution is 2.28. The second kappa shape index (κ2) is 6.22. The Morgan fingerprint density at radius 3 is 2.53 bits per heavy atom. The Labute approximate surface area is 127 Å². The standard InChI is InChI=1S/C12H19BrN2O2S2/c1-9(11-3-4-12(13)18-11)14-10-5-7-15(8-6-10)19(2,16)17/h3-4,9-10,14H,5-8H2,1-2H3. The lowest BCUT2D eigenvalue weighted by Gasteiger charge is -2.32. The molecular formula is C12H19BrN2O2S2. The zero-order valence-electron chi connectivity index (χ0n) is 11.1. The molecule has 4 nitrogen and oxygen atoms in total. The van der Waals surface area contributed by atoms with Gasteiger partial charge in [-0.3, -0.25) is 0 Å². The van der Waals surface area contributed by atoms with Crippen LogP contribution in [0.4, 0.5) is 0 Å². The lowest BCUT2D eigenvalue weighted by atomic mass is 10.1. The highest BCUT2D eigenvalue weighted by molar-refractivity contribution is 9.11. The van der Waals surface area contributed by atoms with Gasteiger partial charge in [0.1, 0.15) is 0 Å². The van der Waals surface area contributed by atoms with Gasteiger partial charge >= 0.3 is 0 Å². The van der Waals surface area contributed by atoms with Gasteiger partial charge in [0.15, 0.2) is 0 Å². The summed E-state index contributed by atoms with van der Waals surface area (Å²) in [5, 5.41) is 3.59. The summed E-state index contributed by atoms with van der Waals surface area (Å²) in [5.41, 5.74) is 0. The zero-order valence-corrected chi connectivity index (χ0v) is 14.3. The fourth-order valence-electron chi connectivity index (χ4n) is 2.35. The smallest absolute Gasteiger partial charge is 0.211 e. The molecule has 1 saturated heterocycles. The van der Waals surface area contributed by atoms with Crippen molar-refractivity contribution in [2.24, 2.45) is 0 Å². The molecule has 7 heteroatoms. The summed E-state index contributed by atoms with van der Waals surface area (Å²) in [7, 11) is -3.03. The van der Waals surface area contributed by atoms with E-state index in [4.69, 9.17) is 0 Å². The maximum atomic E-state index is 11.4. The van der Waals surface area contributed by atoms with Crippen molar-refractivity contribution in [3.63, 3.8) is 0 Å². The molecule has 2 rings (SSSR count). The molecule has 1 unspecified atom stereocenters. The van der Waals surface area contributed by atoms with Crippen molar-refractivity contribution in [2.45, 2.75) is 31.8 Å². The number of thiophene rings is 1. The van der Waals surface area contributed by atoms with Gasteiger partial charge in [-0.1, -0.05) is 0 Å². The maximum Gasteiger partial charge on any atom is 0.211 e. The van der Waals surface area contributed by atoms with Crippen LogP contribution >= 0.6 is 27.3 Å². The highest BCUT2D eigenvalue weighted by atomic mass is 79.9. The van der Waals surface area contributed by atoms with Gasteiger partial charge in [-0.05, 0) is 47.8 Å². The molecule has 0 saturated carbocycles. The molecule has 1 N–H and O–H groups in total. The number of rotatable bonds is 4. The van der Waals surface area contributed by atoms with Crippen molar-refractivity contribution in [3.8, 4) is 0 Å². The van der Waals surface area contributed by atoms with Gasteiger partial charge in [0.05, 0.1) is 10.0 Å². The van der Waals surface area contributed by atoms with E-state index in [1.54, 1.807) is 15.6 Å². The third-order valence-corrected chi connectivity index (χ3v) is 6.54. The Balaban J connectivity index is 1.86. The monoisotopic (exact) mass is 366 g/mol. The molecule has 0 radical (unpaired) electrons. The predicted octanol–water partition coefficient (Wildman–Crippen LogP) is 2.59. The number of sulfonamides is 1. The third-order valence-electron chi connectivity index (χ3n) is 3.43. The average Bonchev–Trinajstić information content (AvgIpc) is 2.75. The van der Waals surface area contributed by atoms with Gasteiger partial charge in [-0.25, -0.2) is 12.7 Å². The molecular weight excluding hydrogens is 348 g/mol. The average molecular weight is 367 g/mol. The lowest BCUT2D eigenvalue weighted by molar-refractivity contribution is 0.279. The molecule has 0 spiro atoms. The van der Waals surface area contributed by atoms with E-state index in [2.05, 4.69) is 40.3 Å². The van der Waals surface area contributed by atoms with Gasteiger partial charge in [-0.15, -0.1) is 11.3 Å². The van der Waals surface area contributed by atoms with Gasteiger partial charge in [0, 0.05) is 30.1 Å². The van der Waals surface area contributed by atoms with Crippen LogP contribution in [0.1, 0.15) is 30.7 Å². The molecule has 1 aromatic rings. The molecule has 0 aliphatic carbocycles. The van der Waals surface area contributed by atoms with E-state index in [1.165, 1.54) is 11.1 Å². The lowest BCUT2D eigenvalue weighted by Crippen LogP contribution is -2.45. The molecule has 1 aliphatic heterocycles. The Kier molecular flexibility index (Phi) is 5.05. The van der Waals surface area contributed by atoms with Crippen molar-refractivity contribution < 1.29 is 8.42 Å². The summed E-state index contributed by atoms with van der Waals surface area (Å²) < 4.78 is 25.6. The summed E-state index contributed by atoms with van der Waals surface area (Å²) in [6, 6.07) is 4.89. The Morgan fingerprint density at radius 2 is 2.05 bits per heavy atom. The third kappa shape index (κ3) is 4.26. The van der Waals surface area contributed by atoms with E-state index >= 15 is 0 Å². The minimum atomic E-state index is -3.03. The largest absolute Gasteiger partial charge is 0.307 e. The SMILES string of the molecule is CC(NC1CCN(S(C)(=O)=O)CC1)c1ccc(Br)s1. The first-order valence-electron chi connectivity index (χ1n) is 6.32. The quantitative estimate of drug-likeness (QED) is 0.890. The molecule has 2 heterocycles. The molecule has 1 atom stereocenters. The van der Waals surface area contributed by atoms with Crippen molar-refractivity contribution in [3.05, 3.63) is 20.8 Å². The van der Waals surface area contributed by atoms with Crippen LogP contribution in [0.25, 0.3) is 0 Å². The number of halogens is 1. The minimum absolute atomic E-state index is 0.311. The fourth-order valence-corrected chi connectivity index (χ4v) is 4.66. The van der Waals surface area contributed by atoms with E-state index in [9.17, 15) is 8.42 Å². The molecule has 0 bridgehead atoms. The molecule has 0 aromatic carbocycles. The fraction of sp³-hybridized carbons (Fsp3) is 0.667. The van der Waals surface area contributed by atoms with Gasteiger partial charge in [-0.2, -0.15) is 0 Å². The number of piperidine rings is 1. The van der Waals surface area contributed by atoms with E-state index in [1.807, 2.05) is 0 Å². The Bertz CT molecular complexity index is 522. The first-order valence-corrected chi connectivity index (χ1v) is 9.78. The van der Waals surface area contributed by atoms with Gasteiger partial charge in [0.2, 0.25) is 10.0 Å². The second-order valence-corrected chi connectivity index (χ2v) is 9.44. The van der Waals surface area contributed by atoms with E-state index in [0.717, 1.165) is 16.6 Å². The number of hydrogen-bond donors (Lipinski definition) is 1. The van der Waals surface area contributed by atoms with Crippen molar-refractivity contribution >= 4 is 37.3 Å². The number of nitrogens with zero attached hydrogens (tertiary/aromatic N) is 1. The summed E-state index contributed by atoms with van der Waals surface area (Å²) in [4.78, 5) is 1.30. The first-order chi connectivity index (χ1) is 8.86. The topological polar surface area (TPSA) is 49.4 Å². The minimum Gasteiger partial charge on any atom is -0.307 e. The summed E-state index contributed by atoms with van der Waals surface area (Å²) in [5.74, 6) is 0. The predicted molar refractivity (Wildman–Crippen MR) is 83.0 cm³/mol. The molecule has 1 aromatic heterocycles. The van der Waals surface area contributed by atoms with Crippen LogP contribution in [0.5, 0.6) is 0 Å². The molecule has 108 valence electrons. The van der Waals surface area contributed by atoms with E-state index < -0.39 is 10.0 Å². The zero-order chi connectivity index (χ0) is 14.0. The van der Waals surface area contributed by atoms with Crippen LogP contribution in [0.3, 0.4) is 0 Å². The Hall–Kier alpha value is 0.0500. The van der Waals surface area contributed by atoms with Crippen LogP contribution in [-0.2, 0) is 10.0 Å². The van der Waals surface area contributed by atoms with Crippen molar-refractivity contribution in [2.75, 3.05) is 19.3 Å². The maximum absolute atomic E-state index is 11.4. The summed E-state index contributed by atoms with van der Waals surface area (Å²) in [6.45, 7) is 3.40. The molecule has 1 fully saturated rings. The van der Waals surface area contributed by atoms with E-state index in [-0.39, 0.29) is 0 Å². The van der Waals surface area contributed by atoms with Crippen LogP contribution in [0.15, 0.2) is 15.9 Å². The van der Waals surface area contributed by atoms with Crippen LogP contribution in [0, 0.1) is 0 Å².